The van der Waals surface area contributed by atoms with Gasteiger partial charge >= 0.3 is 6.18 Å². The van der Waals surface area contributed by atoms with Crippen LogP contribution in [0.4, 0.5) is 13.2 Å². The minimum Gasteiger partial charge on any atom is -0.346 e. The van der Waals surface area contributed by atoms with Crippen LogP contribution in [0, 0.1) is 13.8 Å². The van der Waals surface area contributed by atoms with E-state index >= 15 is 0 Å². The van der Waals surface area contributed by atoms with E-state index in [-0.39, 0.29) is 6.54 Å². The molecule has 2 N–H and O–H groups in total. The standard InChI is InChI=1S/C16H18ClF3N4O/c1-10-14(7-21-8-15(25)22-9-16(18,19)20)11(2)24(23-10)13-5-3-12(17)4-6-13/h3-6,21H,7-9H2,1-2H3,(H,22,25). The molecule has 5 nitrogen and oxygen atoms in total. The van der Waals surface area contributed by atoms with Gasteiger partial charge in [-0.05, 0) is 38.1 Å². The largest absolute Gasteiger partial charge is 0.405 e. The van der Waals surface area contributed by atoms with Crippen molar-refractivity contribution in [1.82, 2.24) is 20.4 Å². The van der Waals surface area contributed by atoms with Crippen molar-refractivity contribution in [3.63, 3.8) is 0 Å². The number of benzene rings is 1. The van der Waals surface area contributed by atoms with Gasteiger partial charge < -0.3 is 10.6 Å². The molecule has 2 aromatic rings. The lowest BCUT2D eigenvalue weighted by molar-refractivity contribution is -0.137. The summed E-state index contributed by atoms with van der Waals surface area (Å²) in [6.07, 6.45) is -4.41. The third-order valence-corrected chi connectivity index (χ3v) is 3.84. The molecule has 0 bridgehead atoms. The monoisotopic (exact) mass is 374 g/mol. The number of nitrogens with one attached hydrogen (secondary N) is 2. The van der Waals surface area contributed by atoms with E-state index in [1.165, 1.54) is 0 Å². The Kier molecular flexibility index (Phi) is 6.07. The Hall–Kier alpha value is -2.06. The summed E-state index contributed by atoms with van der Waals surface area (Å²) in [6.45, 7) is 2.50. The highest BCUT2D eigenvalue weighted by molar-refractivity contribution is 6.30. The highest BCUT2D eigenvalue weighted by Crippen LogP contribution is 2.19. The number of aromatic nitrogens is 2. The SMILES string of the molecule is Cc1nn(-c2ccc(Cl)cc2)c(C)c1CNCC(=O)NCC(F)(F)F. The Labute approximate surface area is 148 Å². The topological polar surface area (TPSA) is 59.0 Å². The second-order valence-electron chi connectivity index (χ2n) is 5.53. The first kappa shape index (κ1) is 19.3. The number of hydrogen-bond donors (Lipinski definition) is 2. The molecule has 2 rings (SSSR count). The molecule has 0 unspecified atom stereocenters. The molecule has 0 spiro atoms. The van der Waals surface area contributed by atoms with E-state index in [0.717, 1.165) is 22.6 Å². The zero-order valence-corrected chi connectivity index (χ0v) is 14.5. The van der Waals surface area contributed by atoms with Crippen molar-refractivity contribution in [2.45, 2.75) is 26.6 Å². The molecule has 0 radical (unpaired) electrons. The summed E-state index contributed by atoms with van der Waals surface area (Å²) in [5, 5.41) is 9.74. The maximum Gasteiger partial charge on any atom is 0.405 e. The lowest BCUT2D eigenvalue weighted by Gasteiger charge is -2.09. The van der Waals surface area contributed by atoms with Gasteiger partial charge in [-0.15, -0.1) is 0 Å². The van der Waals surface area contributed by atoms with Gasteiger partial charge in [-0.1, -0.05) is 11.6 Å². The highest BCUT2D eigenvalue weighted by atomic mass is 35.5. The van der Waals surface area contributed by atoms with E-state index in [1.54, 1.807) is 16.8 Å². The molecular formula is C16H18ClF3N4O. The minimum absolute atomic E-state index is 0.207. The first-order valence-corrected chi connectivity index (χ1v) is 7.90. The molecule has 0 saturated heterocycles. The summed E-state index contributed by atoms with van der Waals surface area (Å²) in [5.74, 6) is -0.710. The van der Waals surface area contributed by atoms with E-state index in [0.29, 0.717) is 11.6 Å². The van der Waals surface area contributed by atoms with Gasteiger partial charge in [0, 0.05) is 22.8 Å². The van der Waals surface area contributed by atoms with Crippen LogP contribution in [0.5, 0.6) is 0 Å². The molecule has 25 heavy (non-hydrogen) atoms. The van der Waals surface area contributed by atoms with Crippen molar-refractivity contribution in [2.24, 2.45) is 0 Å². The first-order chi connectivity index (χ1) is 11.7. The van der Waals surface area contributed by atoms with Gasteiger partial charge in [0.2, 0.25) is 5.91 Å². The molecular weight excluding hydrogens is 357 g/mol. The third kappa shape index (κ3) is 5.47. The number of rotatable bonds is 6. The number of nitrogens with zero attached hydrogens (tertiary/aromatic N) is 2. The normalized spacial score (nSPS) is 11.6. The third-order valence-electron chi connectivity index (χ3n) is 3.59. The zero-order valence-electron chi connectivity index (χ0n) is 13.7. The summed E-state index contributed by atoms with van der Waals surface area (Å²) < 4.78 is 37.9. The molecule has 0 saturated carbocycles. The zero-order chi connectivity index (χ0) is 18.6. The molecule has 0 atom stereocenters. The molecule has 1 aromatic carbocycles. The van der Waals surface area contributed by atoms with Crippen LogP contribution in [-0.2, 0) is 11.3 Å². The smallest absolute Gasteiger partial charge is 0.346 e. The van der Waals surface area contributed by atoms with E-state index in [9.17, 15) is 18.0 Å². The van der Waals surface area contributed by atoms with Crippen molar-refractivity contribution in [3.8, 4) is 5.69 Å². The van der Waals surface area contributed by atoms with Gasteiger partial charge in [-0.2, -0.15) is 18.3 Å². The average Bonchev–Trinajstić information content (AvgIpc) is 2.81. The molecule has 0 aliphatic carbocycles. The van der Waals surface area contributed by atoms with Crippen LogP contribution in [0.25, 0.3) is 5.69 Å². The molecule has 9 heteroatoms. The second kappa shape index (κ2) is 7.88. The van der Waals surface area contributed by atoms with Gasteiger partial charge in [0.15, 0.2) is 0 Å². The summed E-state index contributed by atoms with van der Waals surface area (Å²) >= 11 is 5.88. The van der Waals surface area contributed by atoms with Gasteiger partial charge in [0.05, 0.1) is 17.9 Å². The predicted octanol–water partition coefficient (Wildman–Crippen LogP) is 2.91. The summed E-state index contributed by atoms with van der Waals surface area (Å²) in [4.78, 5) is 11.4. The molecule has 0 aliphatic heterocycles. The first-order valence-electron chi connectivity index (χ1n) is 7.52. The summed E-state index contributed by atoms with van der Waals surface area (Å²) in [7, 11) is 0. The van der Waals surface area contributed by atoms with E-state index < -0.39 is 18.6 Å². The lowest BCUT2D eigenvalue weighted by Crippen LogP contribution is -2.39. The van der Waals surface area contributed by atoms with Crippen molar-refractivity contribution >= 4 is 17.5 Å². The van der Waals surface area contributed by atoms with E-state index in [2.05, 4.69) is 10.4 Å². The van der Waals surface area contributed by atoms with Crippen LogP contribution in [0.2, 0.25) is 5.02 Å². The molecule has 136 valence electrons. The quantitative estimate of drug-likeness (QED) is 0.817. The Morgan fingerprint density at radius 3 is 2.48 bits per heavy atom. The van der Waals surface area contributed by atoms with Gasteiger partial charge in [-0.3, -0.25) is 4.79 Å². The highest BCUT2D eigenvalue weighted by Gasteiger charge is 2.27. The van der Waals surface area contributed by atoms with Crippen molar-refractivity contribution in [2.75, 3.05) is 13.1 Å². The number of alkyl halides is 3. The van der Waals surface area contributed by atoms with E-state index in [1.807, 2.05) is 31.3 Å². The number of carbonyl (C=O) groups excluding carboxylic acids is 1. The number of aryl methyl sites for hydroxylation is 1. The summed E-state index contributed by atoms with van der Waals surface area (Å²) in [6, 6.07) is 7.19. The Bertz CT molecular complexity index is 741. The van der Waals surface area contributed by atoms with Crippen LogP contribution >= 0.6 is 11.6 Å². The molecule has 1 heterocycles. The number of halogens is 4. The maximum absolute atomic E-state index is 12.0. The number of hydrogen-bond acceptors (Lipinski definition) is 3. The molecule has 0 fully saturated rings. The molecule has 1 aromatic heterocycles. The van der Waals surface area contributed by atoms with Gasteiger partial charge in [0.25, 0.3) is 0 Å². The van der Waals surface area contributed by atoms with Crippen molar-refractivity contribution < 1.29 is 18.0 Å². The molecule has 0 aliphatic rings. The fourth-order valence-corrected chi connectivity index (χ4v) is 2.45. The van der Waals surface area contributed by atoms with Crippen LogP contribution in [-0.4, -0.2) is 35.0 Å². The van der Waals surface area contributed by atoms with Crippen LogP contribution in [0.3, 0.4) is 0 Å². The predicted molar refractivity (Wildman–Crippen MR) is 88.8 cm³/mol. The van der Waals surface area contributed by atoms with Crippen molar-refractivity contribution in [3.05, 3.63) is 46.2 Å². The maximum atomic E-state index is 12.0. The van der Waals surface area contributed by atoms with Gasteiger partial charge in [-0.25, -0.2) is 4.68 Å². The van der Waals surface area contributed by atoms with E-state index in [4.69, 9.17) is 11.6 Å². The average molecular weight is 375 g/mol. The Morgan fingerprint density at radius 1 is 1.24 bits per heavy atom. The second-order valence-corrected chi connectivity index (χ2v) is 5.97. The van der Waals surface area contributed by atoms with Crippen LogP contribution in [0.15, 0.2) is 24.3 Å². The van der Waals surface area contributed by atoms with Crippen LogP contribution in [0.1, 0.15) is 17.0 Å². The van der Waals surface area contributed by atoms with Gasteiger partial charge in [0.1, 0.15) is 6.54 Å². The lowest BCUT2D eigenvalue weighted by atomic mass is 10.2. The molecule has 1 amide bonds. The number of amides is 1. The number of carbonyl (C=O) groups is 1. The Morgan fingerprint density at radius 2 is 1.88 bits per heavy atom. The Balaban J connectivity index is 1.97. The van der Waals surface area contributed by atoms with Crippen molar-refractivity contribution in [1.29, 1.82) is 0 Å². The fraction of sp³-hybridized carbons (Fsp3) is 0.375. The summed E-state index contributed by atoms with van der Waals surface area (Å²) in [5.41, 5.74) is 3.39. The fourth-order valence-electron chi connectivity index (χ4n) is 2.33. The minimum atomic E-state index is -4.41. The van der Waals surface area contributed by atoms with Crippen LogP contribution < -0.4 is 10.6 Å².